The van der Waals surface area contributed by atoms with Crippen molar-refractivity contribution in [3.8, 4) is 0 Å². The summed E-state index contributed by atoms with van der Waals surface area (Å²) in [4.78, 5) is 11.3. The molecular weight excluding hydrogens is 284 g/mol. The van der Waals surface area contributed by atoms with Crippen LogP contribution in [0, 0.1) is 5.92 Å². The number of halogens is 1. The Labute approximate surface area is 109 Å². The molecule has 1 heterocycles. The predicted molar refractivity (Wildman–Crippen MR) is 73.0 cm³/mol. The molecule has 3 heteroatoms. The van der Waals surface area contributed by atoms with E-state index in [1.807, 2.05) is 30.0 Å². The third-order valence-electron chi connectivity index (χ3n) is 3.18. The zero-order valence-corrected chi connectivity index (χ0v) is 11.5. The van der Waals surface area contributed by atoms with Gasteiger partial charge in [-0.3, -0.25) is 0 Å². The molecule has 2 rings (SSSR count). The summed E-state index contributed by atoms with van der Waals surface area (Å²) in [5.41, 5.74) is 1.15. The van der Waals surface area contributed by atoms with E-state index in [1.165, 1.54) is 11.5 Å². The first-order chi connectivity index (χ1) is 7.83. The van der Waals surface area contributed by atoms with E-state index in [9.17, 15) is 4.79 Å². The van der Waals surface area contributed by atoms with Crippen molar-refractivity contribution in [2.45, 2.75) is 18.8 Å². The number of carbonyl (C=O) groups excluding carboxylic acids is 1. The van der Waals surface area contributed by atoms with Gasteiger partial charge in [0.05, 0.1) is 0 Å². The van der Waals surface area contributed by atoms with Crippen molar-refractivity contribution in [3.63, 3.8) is 0 Å². The van der Waals surface area contributed by atoms with Crippen LogP contribution in [0.4, 0.5) is 0 Å². The highest BCUT2D eigenvalue weighted by molar-refractivity contribution is 9.10. The predicted octanol–water partition coefficient (Wildman–Crippen LogP) is 3.87. The van der Waals surface area contributed by atoms with Gasteiger partial charge in [-0.25, -0.2) is 0 Å². The van der Waals surface area contributed by atoms with Gasteiger partial charge in [-0.05, 0) is 41.9 Å². The SMILES string of the molecule is O=CC(c1ccccc1Br)C1CCSCC1. The van der Waals surface area contributed by atoms with Crippen molar-refractivity contribution >= 4 is 34.0 Å². The maximum absolute atomic E-state index is 11.3. The van der Waals surface area contributed by atoms with Gasteiger partial charge in [0.2, 0.25) is 0 Å². The van der Waals surface area contributed by atoms with Crippen molar-refractivity contribution in [1.29, 1.82) is 0 Å². The van der Waals surface area contributed by atoms with E-state index in [1.54, 1.807) is 0 Å². The Bertz CT molecular complexity index is 361. The van der Waals surface area contributed by atoms with Gasteiger partial charge in [0.1, 0.15) is 6.29 Å². The molecule has 0 amide bonds. The Hall–Kier alpha value is -0.280. The van der Waals surface area contributed by atoms with Gasteiger partial charge in [-0.15, -0.1) is 0 Å². The summed E-state index contributed by atoms with van der Waals surface area (Å²) in [5.74, 6) is 2.98. The van der Waals surface area contributed by atoms with Gasteiger partial charge in [-0.1, -0.05) is 34.1 Å². The van der Waals surface area contributed by atoms with Crippen LogP contribution in [-0.2, 0) is 4.79 Å². The Morgan fingerprint density at radius 3 is 2.62 bits per heavy atom. The van der Waals surface area contributed by atoms with E-state index in [-0.39, 0.29) is 5.92 Å². The Kier molecular flexibility index (Phi) is 4.47. The molecule has 1 aliphatic rings. The summed E-state index contributed by atoms with van der Waals surface area (Å²) < 4.78 is 1.06. The number of hydrogen-bond acceptors (Lipinski definition) is 2. The molecule has 0 aliphatic carbocycles. The van der Waals surface area contributed by atoms with Gasteiger partial charge in [0.15, 0.2) is 0 Å². The number of rotatable bonds is 3. The van der Waals surface area contributed by atoms with E-state index in [0.717, 1.165) is 29.2 Å². The molecule has 1 nitrogen and oxygen atoms in total. The van der Waals surface area contributed by atoms with Crippen LogP contribution in [0.25, 0.3) is 0 Å². The zero-order chi connectivity index (χ0) is 11.4. The average Bonchev–Trinajstić information content (AvgIpc) is 2.34. The van der Waals surface area contributed by atoms with Crippen LogP contribution in [0.1, 0.15) is 24.3 Å². The monoisotopic (exact) mass is 298 g/mol. The molecule has 0 aromatic heterocycles. The van der Waals surface area contributed by atoms with Crippen molar-refractivity contribution in [3.05, 3.63) is 34.3 Å². The van der Waals surface area contributed by atoms with Gasteiger partial charge in [0.25, 0.3) is 0 Å². The first-order valence-electron chi connectivity index (χ1n) is 5.60. The summed E-state index contributed by atoms with van der Waals surface area (Å²) in [5, 5.41) is 0. The van der Waals surface area contributed by atoms with E-state index >= 15 is 0 Å². The van der Waals surface area contributed by atoms with Gasteiger partial charge in [-0.2, -0.15) is 11.8 Å². The molecule has 0 N–H and O–H groups in total. The summed E-state index contributed by atoms with van der Waals surface area (Å²) >= 11 is 5.54. The fraction of sp³-hybridized carbons (Fsp3) is 0.462. The maximum atomic E-state index is 11.3. The minimum absolute atomic E-state index is 0.0662. The lowest BCUT2D eigenvalue weighted by Gasteiger charge is -2.27. The molecule has 1 aromatic carbocycles. The first kappa shape index (κ1) is 12.2. The molecule has 1 aromatic rings. The largest absolute Gasteiger partial charge is 0.303 e. The highest BCUT2D eigenvalue weighted by Crippen LogP contribution is 2.36. The molecular formula is C13H15BrOS. The second-order valence-electron chi connectivity index (χ2n) is 4.13. The third kappa shape index (κ3) is 2.69. The Balaban J connectivity index is 2.21. The molecule has 0 saturated carbocycles. The minimum atomic E-state index is 0.0662. The standard InChI is InChI=1S/C13H15BrOS/c14-13-4-2-1-3-11(13)12(9-15)10-5-7-16-8-6-10/h1-4,9-10,12H,5-8H2. The van der Waals surface area contributed by atoms with E-state index in [0.29, 0.717) is 5.92 Å². The van der Waals surface area contributed by atoms with Crippen LogP contribution in [0.2, 0.25) is 0 Å². The number of carbonyl (C=O) groups is 1. The second kappa shape index (κ2) is 5.87. The number of aldehydes is 1. The number of thioether (sulfide) groups is 1. The van der Waals surface area contributed by atoms with Crippen molar-refractivity contribution < 1.29 is 4.79 Å². The fourth-order valence-electron chi connectivity index (χ4n) is 2.26. The van der Waals surface area contributed by atoms with E-state index < -0.39 is 0 Å². The van der Waals surface area contributed by atoms with Crippen molar-refractivity contribution in [1.82, 2.24) is 0 Å². The molecule has 0 spiro atoms. The Morgan fingerprint density at radius 1 is 1.31 bits per heavy atom. The normalized spacial score (nSPS) is 19.3. The lowest BCUT2D eigenvalue weighted by molar-refractivity contribution is -0.110. The van der Waals surface area contributed by atoms with Crippen LogP contribution >= 0.6 is 27.7 Å². The molecule has 16 heavy (non-hydrogen) atoms. The third-order valence-corrected chi connectivity index (χ3v) is 4.96. The Morgan fingerprint density at radius 2 is 2.00 bits per heavy atom. The van der Waals surface area contributed by atoms with Crippen molar-refractivity contribution in [2.75, 3.05) is 11.5 Å². The highest BCUT2D eigenvalue weighted by Gasteiger charge is 2.25. The van der Waals surface area contributed by atoms with Crippen LogP contribution in [-0.4, -0.2) is 17.8 Å². The van der Waals surface area contributed by atoms with Crippen LogP contribution < -0.4 is 0 Å². The number of hydrogen-bond donors (Lipinski definition) is 0. The summed E-state index contributed by atoms with van der Waals surface area (Å²) in [7, 11) is 0. The molecule has 1 atom stereocenters. The van der Waals surface area contributed by atoms with Crippen LogP contribution in [0.15, 0.2) is 28.7 Å². The lowest BCUT2D eigenvalue weighted by Crippen LogP contribution is -2.19. The maximum Gasteiger partial charge on any atom is 0.127 e. The topological polar surface area (TPSA) is 17.1 Å². The van der Waals surface area contributed by atoms with Gasteiger partial charge >= 0.3 is 0 Å². The highest BCUT2D eigenvalue weighted by atomic mass is 79.9. The fourth-order valence-corrected chi connectivity index (χ4v) is 3.95. The summed E-state index contributed by atoms with van der Waals surface area (Å²) in [6.45, 7) is 0. The van der Waals surface area contributed by atoms with Gasteiger partial charge < -0.3 is 4.79 Å². The molecule has 0 radical (unpaired) electrons. The van der Waals surface area contributed by atoms with Crippen LogP contribution in [0.3, 0.4) is 0 Å². The van der Waals surface area contributed by atoms with Crippen molar-refractivity contribution in [2.24, 2.45) is 5.92 Å². The minimum Gasteiger partial charge on any atom is -0.303 e. The van der Waals surface area contributed by atoms with E-state index in [4.69, 9.17) is 0 Å². The quantitative estimate of drug-likeness (QED) is 0.788. The summed E-state index contributed by atoms with van der Waals surface area (Å²) in [6.07, 6.45) is 3.45. The molecule has 1 unspecified atom stereocenters. The first-order valence-corrected chi connectivity index (χ1v) is 7.55. The molecule has 1 saturated heterocycles. The van der Waals surface area contributed by atoms with E-state index in [2.05, 4.69) is 22.0 Å². The molecule has 0 bridgehead atoms. The smallest absolute Gasteiger partial charge is 0.127 e. The summed E-state index contributed by atoms with van der Waals surface area (Å²) in [6, 6.07) is 8.08. The van der Waals surface area contributed by atoms with Crippen LogP contribution in [0.5, 0.6) is 0 Å². The molecule has 86 valence electrons. The molecule has 1 aliphatic heterocycles. The number of benzene rings is 1. The zero-order valence-electron chi connectivity index (χ0n) is 9.06. The molecule has 1 fully saturated rings. The lowest BCUT2D eigenvalue weighted by atomic mass is 9.83. The average molecular weight is 299 g/mol. The van der Waals surface area contributed by atoms with Gasteiger partial charge in [0, 0.05) is 10.4 Å². The second-order valence-corrected chi connectivity index (χ2v) is 6.21.